The standard InChI is InChI=1S/C27H25N3O4/c1-33-20-14-19(15-21(16-20)34-2)26(31)28-12-13-29-27(32)23-17-25(18-8-4-3-5-9-18)30-24-11-7-6-10-22(23)24/h3-11,14-17H,12-13H2,1-2H3,(H,28,31)(H,29,32). The molecule has 0 bridgehead atoms. The van der Waals surface area contributed by atoms with Crippen LogP contribution in [0.1, 0.15) is 20.7 Å². The third kappa shape index (κ3) is 5.15. The predicted molar refractivity (Wildman–Crippen MR) is 131 cm³/mol. The number of amides is 2. The van der Waals surface area contributed by atoms with Gasteiger partial charge in [-0.15, -0.1) is 0 Å². The molecular formula is C27H25N3O4. The number of carbonyl (C=O) groups is 2. The van der Waals surface area contributed by atoms with E-state index >= 15 is 0 Å². The summed E-state index contributed by atoms with van der Waals surface area (Å²) < 4.78 is 10.4. The van der Waals surface area contributed by atoms with Crippen molar-refractivity contribution >= 4 is 22.7 Å². The fourth-order valence-corrected chi connectivity index (χ4v) is 3.61. The number of pyridine rings is 1. The number of nitrogens with zero attached hydrogens (tertiary/aromatic N) is 1. The van der Waals surface area contributed by atoms with Crippen molar-refractivity contribution in [2.24, 2.45) is 0 Å². The van der Waals surface area contributed by atoms with E-state index in [-0.39, 0.29) is 24.9 Å². The molecule has 1 aromatic heterocycles. The minimum atomic E-state index is -0.285. The average Bonchev–Trinajstić information content (AvgIpc) is 2.90. The highest BCUT2D eigenvalue weighted by atomic mass is 16.5. The van der Waals surface area contributed by atoms with Gasteiger partial charge < -0.3 is 20.1 Å². The molecule has 0 atom stereocenters. The first-order valence-electron chi connectivity index (χ1n) is 10.8. The van der Waals surface area contributed by atoms with Crippen LogP contribution in [-0.2, 0) is 0 Å². The fraction of sp³-hybridized carbons (Fsp3) is 0.148. The van der Waals surface area contributed by atoms with Crippen LogP contribution in [0, 0.1) is 0 Å². The molecule has 1 heterocycles. The monoisotopic (exact) mass is 455 g/mol. The Hall–Kier alpha value is -4.39. The minimum absolute atomic E-state index is 0.229. The Morgan fingerprint density at radius 2 is 1.38 bits per heavy atom. The molecule has 0 radical (unpaired) electrons. The number of methoxy groups -OCH3 is 2. The number of aromatic nitrogens is 1. The van der Waals surface area contributed by atoms with Gasteiger partial charge in [-0.3, -0.25) is 9.59 Å². The summed E-state index contributed by atoms with van der Waals surface area (Å²) in [4.78, 5) is 30.3. The number of ether oxygens (including phenoxy) is 2. The van der Waals surface area contributed by atoms with E-state index in [2.05, 4.69) is 10.6 Å². The summed E-state index contributed by atoms with van der Waals surface area (Å²) in [7, 11) is 3.05. The van der Waals surface area contributed by atoms with E-state index in [0.717, 1.165) is 22.2 Å². The van der Waals surface area contributed by atoms with Gasteiger partial charge >= 0.3 is 0 Å². The van der Waals surface area contributed by atoms with Gasteiger partial charge in [0.1, 0.15) is 11.5 Å². The highest BCUT2D eigenvalue weighted by Gasteiger charge is 2.14. The van der Waals surface area contributed by atoms with Crippen LogP contribution in [0.5, 0.6) is 11.5 Å². The molecule has 172 valence electrons. The van der Waals surface area contributed by atoms with E-state index in [4.69, 9.17) is 14.5 Å². The molecule has 0 unspecified atom stereocenters. The second-order valence-electron chi connectivity index (χ2n) is 7.55. The summed E-state index contributed by atoms with van der Waals surface area (Å²) >= 11 is 0. The Morgan fingerprint density at radius 1 is 0.765 bits per heavy atom. The lowest BCUT2D eigenvalue weighted by Gasteiger charge is -2.12. The van der Waals surface area contributed by atoms with Crippen molar-refractivity contribution < 1.29 is 19.1 Å². The third-order valence-electron chi connectivity index (χ3n) is 5.34. The largest absolute Gasteiger partial charge is 0.497 e. The molecule has 0 spiro atoms. The number of hydrogen-bond acceptors (Lipinski definition) is 5. The lowest BCUT2D eigenvalue weighted by atomic mass is 10.0. The van der Waals surface area contributed by atoms with Crippen LogP contribution in [0.15, 0.2) is 78.9 Å². The second kappa shape index (κ2) is 10.5. The van der Waals surface area contributed by atoms with E-state index in [9.17, 15) is 9.59 Å². The molecule has 0 fully saturated rings. The van der Waals surface area contributed by atoms with Gasteiger partial charge in [-0.05, 0) is 24.3 Å². The number of benzene rings is 3. The molecule has 2 amide bonds. The SMILES string of the molecule is COc1cc(OC)cc(C(=O)NCCNC(=O)c2cc(-c3ccccc3)nc3ccccc23)c1. The topological polar surface area (TPSA) is 89.5 Å². The van der Waals surface area contributed by atoms with Crippen molar-refractivity contribution in [3.05, 3.63) is 90.0 Å². The van der Waals surface area contributed by atoms with E-state index in [1.807, 2.05) is 54.6 Å². The van der Waals surface area contributed by atoms with Crippen LogP contribution in [-0.4, -0.2) is 44.1 Å². The summed E-state index contributed by atoms with van der Waals surface area (Å²) in [5.41, 5.74) is 3.35. The summed E-state index contributed by atoms with van der Waals surface area (Å²) in [6, 6.07) is 24.0. The highest BCUT2D eigenvalue weighted by molar-refractivity contribution is 6.07. The van der Waals surface area contributed by atoms with Gasteiger partial charge in [-0.2, -0.15) is 0 Å². The number of rotatable bonds is 8. The van der Waals surface area contributed by atoms with Crippen LogP contribution in [0.4, 0.5) is 0 Å². The molecule has 0 aliphatic heterocycles. The van der Waals surface area contributed by atoms with Crippen LogP contribution < -0.4 is 20.1 Å². The quantitative estimate of drug-likeness (QED) is 0.391. The van der Waals surface area contributed by atoms with Gasteiger partial charge in [0.25, 0.3) is 11.8 Å². The zero-order valence-electron chi connectivity index (χ0n) is 19.0. The molecule has 2 N–H and O–H groups in total. The van der Waals surface area contributed by atoms with Crippen LogP contribution in [0.25, 0.3) is 22.2 Å². The second-order valence-corrected chi connectivity index (χ2v) is 7.55. The number of carbonyl (C=O) groups excluding carboxylic acids is 2. The molecule has 34 heavy (non-hydrogen) atoms. The normalized spacial score (nSPS) is 10.5. The van der Waals surface area contributed by atoms with Gasteiger partial charge in [-0.1, -0.05) is 48.5 Å². The zero-order chi connectivity index (χ0) is 23.9. The summed E-state index contributed by atoms with van der Waals surface area (Å²) in [6.07, 6.45) is 0. The fourth-order valence-electron chi connectivity index (χ4n) is 3.61. The lowest BCUT2D eigenvalue weighted by Crippen LogP contribution is -2.34. The van der Waals surface area contributed by atoms with Crippen LogP contribution in [0.3, 0.4) is 0 Å². The third-order valence-corrected chi connectivity index (χ3v) is 5.34. The molecule has 3 aromatic carbocycles. The Balaban J connectivity index is 1.44. The van der Waals surface area contributed by atoms with E-state index in [1.165, 1.54) is 14.2 Å². The molecular weight excluding hydrogens is 430 g/mol. The van der Waals surface area contributed by atoms with Gasteiger partial charge in [0.05, 0.1) is 31.0 Å². The number of hydrogen-bond donors (Lipinski definition) is 2. The smallest absolute Gasteiger partial charge is 0.252 e. The first-order valence-corrected chi connectivity index (χ1v) is 10.8. The van der Waals surface area contributed by atoms with Crippen molar-refractivity contribution in [3.8, 4) is 22.8 Å². The minimum Gasteiger partial charge on any atom is -0.497 e. The van der Waals surface area contributed by atoms with Gasteiger partial charge in [0, 0.05) is 35.7 Å². The van der Waals surface area contributed by atoms with Crippen molar-refractivity contribution in [3.63, 3.8) is 0 Å². The predicted octanol–water partition coefficient (Wildman–Crippen LogP) is 4.08. The molecule has 0 aliphatic carbocycles. The number of para-hydroxylation sites is 1. The van der Waals surface area contributed by atoms with Gasteiger partial charge in [0.2, 0.25) is 0 Å². The van der Waals surface area contributed by atoms with Crippen molar-refractivity contribution in [1.82, 2.24) is 15.6 Å². The van der Waals surface area contributed by atoms with Crippen molar-refractivity contribution in [2.45, 2.75) is 0 Å². The maximum atomic E-state index is 13.0. The van der Waals surface area contributed by atoms with E-state index < -0.39 is 0 Å². The maximum absolute atomic E-state index is 13.0. The molecule has 0 saturated carbocycles. The summed E-state index contributed by atoms with van der Waals surface area (Å²) in [5.74, 6) is 0.536. The van der Waals surface area contributed by atoms with E-state index in [1.54, 1.807) is 24.3 Å². The maximum Gasteiger partial charge on any atom is 0.252 e. The molecule has 0 saturated heterocycles. The average molecular weight is 456 g/mol. The number of fused-ring (bicyclic) bond motifs is 1. The van der Waals surface area contributed by atoms with Crippen molar-refractivity contribution in [1.29, 1.82) is 0 Å². The first-order chi connectivity index (χ1) is 16.6. The molecule has 7 nitrogen and oxygen atoms in total. The van der Waals surface area contributed by atoms with Crippen LogP contribution >= 0.6 is 0 Å². The Bertz CT molecular complexity index is 1300. The zero-order valence-corrected chi connectivity index (χ0v) is 19.0. The summed E-state index contributed by atoms with van der Waals surface area (Å²) in [6.45, 7) is 0.529. The van der Waals surface area contributed by atoms with Gasteiger partial charge in [0.15, 0.2) is 0 Å². The number of nitrogens with one attached hydrogen (secondary N) is 2. The Kier molecular flexibility index (Phi) is 7.03. The van der Waals surface area contributed by atoms with Crippen molar-refractivity contribution in [2.75, 3.05) is 27.3 Å². The Morgan fingerprint density at radius 3 is 2.06 bits per heavy atom. The molecule has 4 aromatic rings. The molecule has 0 aliphatic rings. The summed E-state index contributed by atoms with van der Waals surface area (Å²) in [5, 5.41) is 6.47. The molecule has 7 heteroatoms. The van der Waals surface area contributed by atoms with Crippen LogP contribution in [0.2, 0.25) is 0 Å². The molecule has 4 rings (SSSR count). The Labute approximate surface area is 197 Å². The highest BCUT2D eigenvalue weighted by Crippen LogP contribution is 2.25. The van der Waals surface area contributed by atoms with E-state index in [0.29, 0.717) is 22.6 Å². The first kappa shape index (κ1) is 22.8. The van der Waals surface area contributed by atoms with Gasteiger partial charge in [-0.25, -0.2) is 4.98 Å². The lowest BCUT2D eigenvalue weighted by molar-refractivity contribution is 0.0928.